The van der Waals surface area contributed by atoms with Crippen molar-refractivity contribution in [1.82, 2.24) is 14.5 Å². The van der Waals surface area contributed by atoms with E-state index in [1.807, 2.05) is 11.0 Å². The molecule has 1 aliphatic heterocycles. The number of allylic oxidation sites excluding steroid dienone is 2. The number of aromatic nitrogens is 2. The Bertz CT molecular complexity index is 778. The van der Waals surface area contributed by atoms with Gasteiger partial charge in [-0.05, 0) is 49.7 Å². The molecule has 1 atom stereocenters. The van der Waals surface area contributed by atoms with Crippen LogP contribution in [0, 0.1) is 5.41 Å². The van der Waals surface area contributed by atoms with Gasteiger partial charge in [0, 0.05) is 25.0 Å². The fourth-order valence-electron chi connectivity index (χ4n) is 4.03. The van der Waals surface area contributed by atoms with Gasteiger partial charge in [0.15, 0.2) is 0 Å². The van der Waals surface area contributed by atoms with Crippen LogP contribution < -0.4 is 5.73 Å². The number of carbonyl (C=O) groups is 1. The van der Waals surface area contributed by atoms with Crippen LogP contribution in [0.4, 0.5) is 5.69 Å². The lowest BCUT2D eigenvalue weighted by molar-refractivity contribution is 0.0486. The van der Waals surface area contributed by atoms with Gasteiger partial charge in [-0.25, -0.2) is 4.52 Å². The highest BCUT2D eigenvalue weighted by Gasteiger charge is 2.37. The molecule has 23 heavy (non-hydrogen) atoms. The minimum Gasteiger partial charge on any atom is -0.399 e. The lowest BCUT2D eigenvalue weighted by Gasteiger charge is -2.43. The first-order valence-electron chi connectivity index (χ1n) is 8.34. The Kier molecular flexibility index (Phi) is 3.36. The van der Waals surface area contributed by atoms with Gasteiger partial charge < -0.3 is 10.6 Å². The largest absolute Gasteiger partial charge is 0.399 e. The van der Waals surface area contributed by atoms with Crippen molar-refractivity contribution in [2.24, 2.45) is 5.41 Å². The molecule has 2 N–H and O–H groups in total. The van der Waals surface area contributed by atoms with Gasteiger partial charge in [-0.15, -0.1) is 0 Å². The van der Waals surface area contributed by atoms with Crippen LogP contribution in [0.15, 0.2) is 36.7 Å². The molecule has 1 fully saturated rings. The molecular formula is C18H22N4O. The maximum Gasteiger partial charge on any atom is 0.257 e. The number of hydrogen-bond donors (Lipinski definition) is 1. The van der Waals surface area contributed by atoms with Crippen LogP contribution in [0.3, 0.4) is 0 Å². The number of nitrogen functional groups attached to an aromatic ring is 1. The molecule has 2 aliphatic rings. The average Bonchev–Trinajstić information content (AvgIpc) is 2.98. The Morgan fingerprint density at radius 2 is 2.22 bits per heavy atom. The number of pyridine rings is 1. The number of amides is 1. The predicted molar refractivity (Wildman–Crippen MR) is 90.2 cm³/mol. The first kappa shape index (κ1) is 14.3. The van der Waals surface area contributed by atoms with E-state index in [0.717, 1.165) is 37.9 Å². The number of anilines is 1. The van der Waals surface area contributed by atoms with Crippen molar-refractivity contribution in [3.05, 3.63) is 42.2 Å². The summed E-state index contributed by atoms with van der Waals surface area (Å²) in [6.45, 7) is 1.69. The Labute approximate surface area is 135 Å². The smallest absolute Gasteiger partial charge is 0.257 e. The van der Waals surface area contributed by atoms with Gasteiger partial charge in [0.1, 0.15) is 0 Å². The lowest BCUT2D eigenvalue weighted by atomic mass is 9.71. The van der Waals surface area contributed by atoms with Crippen LogP contribution in [-0.2, 0) is 0 Å². The minimum absolute atomic E-state index is 0.0826. The zero-order valence-electron chi connectivity index (χ0n) is 13.2. The summed E-state index contributed by atoms with van der Waals surface area (Å²) in [7, 11) is 0. The molecule has 1 spiro atoms. The first-order valence-corrected chi connectivity index (χ1v) is 8.34. The number of fused-ring (bicyclic) bond motifs is 1. The average molecular weight is 310 g/mol. The normalized spacial score (nSPS) is 24.4. The molecule has 1 unspecified atom stereocenters. The van der Waals surface area contributed by atoms with E-state index in [2.05, 4.69) is 17.3 Å². The highest BCUT2D eigenvalue weighted by atomic mass is 16.2. The summed E-state index contributed by atoms with van der Waals surface area (Å²) in [5.41, 5.74) is 8.25. The molecule has 1 saturated heterocycles. The fraction of sp³-hybridized carbons (Fsp3) is 0.444. The van der Waals surface area contributed by atoms with E-state index >= 15 is 0 Å². The van der Waals surface area contributed by atoms with Crippen molar-refractivity contribution < 1.29 is 4.79 Å². The third-order valence-corrected chi connectivity index (χ3v) is 5.28. The number of nitrogens with two attached hydrogens (primary N) is 1. The second-order valence-electron chi connectivity index (χ2n) is 6.89. The summed E-state index contributed by atoms with van der Waals surface area (Å²) in [4.78, 5) is 15.0. The van der Waals surface area contributed by atoms with Gasteiger partial charge in [0.05, 0.1) is 17.3 Å². The first-order chi connectivity index (χ1) is 11.2. The molecule has 0 saturated carbocycles. The molecule has 0 bridgehead atoms. The summed E-state index contributed by atoms with van der Waals surface area (Å²) >= 11 is 0. The topological polar surface area (TPSA) is 63.6 Å². The van der Waals surface area contributed by atoms with Crippen molar-refractivity contribution in [1.29, 1.82) is 0 Å². The van der Waals surface area contributed by atoms with Crippen molar-refractivity contribution in [3.8, 4) is 0 Å². The standard InChI is InChI=1S/C18H22N4O/c19-14-5-10-22-16(11-14)15(12-20-22)17(23)21-9-4-8-18(13-21)6-2-1-3-7-18/h1-2,5,10-12H,3-4,6-9,13,19H2. The number of rotatable bonds is 1. The second kappa shape index (κ2) is 5.41. The monoisotopic (exact) mass is 310 g/mol. The molecule has 1 amide bonds. The summed E-state index contributed by atoms with van der Waals surface area (Å²) in [5.74, 6) is 0.0826. The second-order valence-corrected chi connectivity index (χ2v) is 6.89. The molecule has 0 aromatic carbocycles. The molecule has 2 aromatic rings. The van der Waals surface area contributed by atoms with Gasteiger partial charge in [-0.1, -0.05) is 12.2 Å². The van der Waals surface area contributed by atoms with E-state index in [1.165, 1.54) is 12.8 Å². The van der Waals surface area contributed by atoms with Crippen molar-refractivity contribution >= 4 is 17.1 Å². The van der Waals surface area contributed by atoms with Gasteiger partial charge >= 0.3 is 0 Å². The fourth-order valence-corrected chi connectivity index (χ4v) is 4.03. The quantitative estimate of drug-likeness (QED) is 0.824. The van der Waals surface area contributed by atoms with Gasteiger partial charge in [-0.3, -0.25) is 4.79 Å². The molecule has 120 valence electrons. The van der Waals surface area contributed by atoms with Crippen LogP contribution in [0.1, 0.15) is 42.5 Å². The van der Waals surface area contributed by atoms with Crippen molar-refractivity contribution in [3.63, 3.8) is 0 Å². The summed E-state index contributed by atoms with van der Waals surface area (Å²) in [6.07, 6.45) is 13.7. The van der Waals surface area contributed by atoms with E-state index < -0.39 is 0 Å². The third-order valence-electron chi connectivity index (χ3n) is 5.28. The number of piperidine rings is 1. The van der Waals surface area contributed by atoms with E-state index in [9.17, 15) is 4.79 Å². The molecule has 5 heteroatoms. The SMILES string of the molecule is Nc1ccn2ncc(C(=O)N3CCCC4(CC=CCC4)C3)c2c1. The van der Waals surface area contributed by atoms with E-state index in [0.29, 0.717) is 11.3 Å². The predicted octanol–water partition coefficient (Wildman–Crippen LogP) is 2.88. The van der Waals surface area contributed by atoms with Crippen LogP contribution in [0.5, 0.6) is 0 Å². The van der Waals surface area contributed by atoms with Crippen molar-refractivity contribution in [2.75, 3.05) is 18.8 Å². The molecule has 2 aromatic heterocycles. The number of nitrogens with zero attached hydrogens (tertiary/aromatic N) is 3. The van der Waals surface area contributed by atoms with E-state index in [1.54, 1.807) is 23.0 Å². The van der Waals surface area contributed by atoms with Crippen LogP contribution >= 0.6 is 0 Å². The maximum absolute atomic E-state index is 13.0. The number of hydrogen-bond acceptors (Lipinski definition) is 3. The zero-order chi connectivity index (χ0) is 15.9. The Hall–Kier alpha value is -2.30. The van der Waals surface area contributed by atoms with E-state index in [4.69, 9.17) is 5.73 Å². The van der Waals surface area contributed by atoms with Crippen LogP contribution in [0.2, 0.25) is 0 Å². The molecule has 1 aliphatic carbocycles. The summed E-state index contributed by atoms with van der Waals surface area (Å²) in [6, 6.07) is 3.61. The summed E-state index contributed by atoms with van der Waals surface area (Å²) < 4.78 is 1.71. The molecule has 0 radical (unpaired) electrons. The van der Waals surface area contributed by atoms with Crippen molar-refractivity contribution in [2.45, 2.75) is 32.1 Å². The number of carbonyl (C=O) groups excluding carboxylic acids is 1. The highest BCUT2D eigenvalue weighted by Crippen LogP contribution is 2.41. The zero-order valence-corrected chi connectivity index (χ0v) is 13.2. The Morgan fingerprint density at radius 1 is 1.30 bits per heavy atom. The van der Waals surface area contributed by atoms with Gasteiger partial charge in [-0.2, -0.15) is 5.10 Å². The van der Waals surface area contributed by atoms with Gasteiger partial charge in [0.2, 0.25) is 0 Å². The van der Waals surface area contributed by atoms with E-state index in [-0.39, 0.29) is 11.3 Å². The van der Waals surface area contributed by atoms with Crippen LogP contribution in [-0.4, -0.2) is 33.5 Å². The minimum atomic E-state index is 0.0826. The van der Waals surface area contributed by atoms with Crippen LogP contribution in [0.25, 0.3) is 5.52 Å². The highest BCUT2D eigenvalue weighted by molar-refractivity contribution is 6.01. The number of likely N-dealkylation sites (tertiary alicyclic amines) is 1. The molecule has 5 nitrogen and oxygen atoms in total. The molecular weight excluding hydrogens is 288 g/mol. The molecule has 3 heterocycles. The lowest BCUT2D eigenvalue weighted by Crippen LogP contribution is -2.46. The Morgan fingerprint density at radius 3 is 3.04 bits per heavy atom. The third kappa shape index (κ3) is 2.50. The maximum atomic E-state index is 13.0. The summed E-state index contributed by atoms with van der Waals surface area (Å²) in [5, 5.41) is 4.28. The molecule has 4 rings (SSSR count). The van der Waals surface area contributed by atoms with Gasteiger partial charge in [0.25, 0.3) is 5.91 Å². The Balaban J connectivity index is 1.62.